The zero-order valence-electron chi connectivity index (χ0n) is 15.8. The lowest BCUT2D eigenvalue weighted by Gasteiger charge is -2.17. The zero-order valence-corrected chi connectivity index (χ0v) is 15.8. The standard InChI is InChI=1S/C19H25N5O3/c1-26-11-17-23-22-16-7-6-13(8-9-24(16)17)20-18(25)14-10-12-4-3-5-15(12)21-19(14)27-2/h10,13H,3-9,11H2,1-2H3,(H,20,25). The largest absolute Gasteiger partial charge is 0.480 e. The van der Waals surface area contributed by atoms with Crippen molar-refractivity contribution in [2.45, 2.75) is 57.7 Å². The minimum absolute atomic E-state index is 0.0764. The summed E-state index contributed by atoms with van der Waals surface area (Å²) in [5, 5.41) is 11.6. The van der Waals surface area contributed by atoms with E-state index in [1.807, 2.05) is 6.07 Å². The number of methoxy groups -OCH3 is 2. The Bertz CT molecular complexity index is 848. The average Bonchev–Trinajstić information content (AvgIpc) is 3.24. The van der Waals surface area contributed by atoms with Crippen molar-refractivity contribution in [2.24, 2.45) is 0 Å². The van der Waals surface area contributed by atoms with Crippen LogP contribution in [0.15, 0.2) is 6.07 Å². The molecule has 8 nitrogen and oxygen atoms in total. The highest BCUT2D eigenvalue weighted by atomic mass is 16.5. The molecule has 4 rings (SSSR count). The number of aryl methyl sites for hydroxylation is 3. The summed E-state index contributed by atoms with van der Waals surface area (Å²) in [4.78, 5) is 17.4. The van der Waals surface area contributed by atoms with Gasteiger partial charge in [-0.2, -0.15) is 0 Å². The van der Waals surface area contributed by atoms with Gasteiger partial charge in [-0.05, 0) is 43.7 Å². The fraction of sp³-hybridized carbons (Fsp3) is 0.579. The van der Waals surface area contributed by atoms with Crippen LogP contribution in [0, 0.1) is 0 Å². The number of rotatable bonds is 5. The Morgan fingerprint density at radius 3 is 2.96 bits per heavy atom. The molecule has 1 amide bonds. The molecule has 0 radical (unpaired) electrons. The first-order valence-electron chi connectivity index (χ1n) is 9.47. The molecule has 1 N–H and O–H groups in total. The van der Waals surface area contributed by atoms with Gasteiger partial charge < -0.3 is 19.4 Å². The van der Waals surface area contributed by atoms with Crippen molar-refractivity contribution in [3.63, 3.8) is 0 Å². The number of carbonyl (C=O) groups excluding carboxylic acids is 1. The van der Waals surface area contributed by atoms with Crippen molar-refractivity contribution in [3.05, 3.63) is 34.5 Å². The molecule has 2 aliphatic rings. The molecule has 1 atom stereocenters. The summed E-state index contributed by atoms with van der Waals surface area (Å²) < 4.78 is 12.7. The molecule has 2 aromatic heterocycles. The van der Waals surface area contributed by atoms with Gasteiger partial charge in [0.2, 0.25) is 5.88 Å². The topological polar surface area (TPSA) is 91.2 Å². The molecule has 0 aromatic carbocycles. The Hall–Kier alpha value is -2.48. The summed E-state index contributed by atoms with van der Waals surface area (Å²) in [7, 11) is 3.22. The first-order valence-corrected chi connectivity index (χ1v) is 9.47. The average molecular weight is 371 g/mol. The van der Waals surface area contributed by atoms with Gasteiger partial charge in [-0.25, -0.2) is 4.98 Å². The molecular weight excluding hydrogens is 346 g/mol. The number of aromatic nitrogens is 4. The van der Waals surface area contributed by atoms with E-state index in [1.165, 1.54) is 0 Å². The van der Waals surface area contributed by atoms with Crippen LogP contribution < -0.4 is 10.1 Å². The summed E-state index contributed by atoms with van der Waals surface area (Å²) in [5.41, 5.74) is 2.75. The second-order valence-corrected chi connectivity index (χ2v) is 7.12. The Labute approximate surface area is 158 Å². The lowest BCUT2D eigenvalue weighted by molar-refractivity contribution is 0.0928. The van der Waals surface area contributed by atoms with Gasteiger partial charge in [-0.3, -0.25) is 4.79 Å². The van der Waals surface area contributed by atoms with E-state index >= 15 is 0 Å². The maximum Gasteiger partial charge on any atom is 0.256 e. The van der Waals surface area contributed by atoms with Gasteiger partial charge in [0.1, 0.15) is 18.0 Å². The van der Waals surface area contributed by atoms with Crippen LogP contribution >= 0.6 is 0 Å². The molecule has 144 valence electrons. The van der Waals surface area contributed by atoms with Crippen LogP contribution in [0.5, 0.6) is 5.88 Å². The van der Waals surface area contributed by atoms with E-state index in [0.717, 1.165) is 68.0 Å². The smallest absolute Gasteiger partial charge is 0.256 e. The van der Waals surface area contributed by atoms with Crippen molar-refractivity contribution >= 4 is 5.91 Å². The maximum atomic E-state index is 12.9. The van der Waals surface area contributed by atoms with Gasteiger partial charge >= 0.3 is 0 Å². The first-order chi connectivity index (χ1) is 13.2. The summed E-state index contributed by atoms with van der Waals surface area (Å²) in [6.45, 7) is 1.22. The van der Waals surface area contributed by atoms with E-state index in [4.69, 9.17) is 9.47 Å². The lowest BCUT2D eigenvalue weighted by atomic mass is 10.1. The lowest BCUT2D eigenvalue weighted by Crippen LogP contribution is -2.35. The second-order valence-electron chi connectivity index (χ2n) is 7.12. The van der Waals surface area contributed by atoms with Crippen LogP contribution in [0.2, 0.25) is 0 Å². The third-order valence-electron chi connectivity index (χ3n) is 5.38. The number of fused-ring (bicyclic) bond motifs is 2. The van der Waals surface area contributed by atoms with Gasteiger partial charge in [0, 0.05) is 31.8 Å². The highest BCUT2D eigenvalue weighted by Gasteiger charge is 2.25. The van der Waals surface area contributed by atoms with Crippen molar-refractivity contribution in [3.8, 4) is 5.88 Å². The summed E-state index contributed by atoms with van der Waals surface area (Å²) in [6, 6.07) is 2.03. The minimum atomic E-state index is -0.117. The van der Waals surface area contributed by atoms with E-state index in [0.29, 0.717) is 18.1 Å². The molecule has 0 saturated heterocycles. The first kappa shape index (κ1) is 17.9. The molecule has 0 saturated carbocycles. The quantitative estimate of drug-likeness (QED) is 0.855. The fourth-order valence-corrected chi connectivity index (χ4v) is 3.96. The van der Waals surface area contributed by atoms with Gasteiger partial charge in [0.15, 0.2) is 5.82 Å². The summed E-state index contributed by atoms with van der Waals surface area (Å²) >= 11 is 0. The number of amides is 1. The maximum absolute atomic E-state index is 12.9. The highest BCUT2D eigenvalue weighted by molar-refractivity contribution is 5.96. The Morgan fingerprint density at radius 1 is 1.26 bits per heavy atom. The fourth-order valence-electron chi connectivity index (χ4n) is 3.96. The number of hydrogen-bond donors (Lipinski definition) is 1. The Balaban J connectivity index is 1.46. The van der Waals surface area contributed by atoms with Gasteiger partial charge in [-0.15, -0.1) is 10.2 Å². The van der Waals surface area contributed by atoms with Crippen LogP contribution in [0.4, 0.5) is 0 Å². The third kappa shape index (κ3) is 3.53. The van der Waals surface area contributed by atoms with Crippen LogP contribution in [0.25, 0.3) is 0 Å². The molecule has 27 heavy (non-hydrogen) atoms. The molecule has 0 bridgehead atoms. The minimum Gasteiger partial charge on any atom is -0.480 e. The number of ether oxygens (including phenoxy) is 2. The highest BCUT2D eigenvalue weighted by Crippen LogP contribution is 2.27. The Morgan fingerprint density at radius 2 is 2.15 bits per heavy atom. The molecular formula is C19H25N5O3. The van der Waals surface area contributed by atoms with E-state index in [-0.39, 0.29) is 11.9 Å². The Kier molecular flexibility index (Phi) is 5.07. The molecule has 1 aliphatic carbocycles. The monoisotopic (exact) mass is 371 g/mol. The van der Waals surface area contributed by atoms with Crippen LogP contribution in [0.3, 0.4) is 0 Å². The van der Waals surface area contributed by atoms with Crippen LogP contribution in [-0.2, 0) is 37.2 Å². The molecule has 1 unspecified atom stereocenters. The van der Waals surface area contributed by atoms with Crippen molar-refractivity contribution in [1.29, 1.82) is 0 Å². The van der Waals surface area contributed by atoms with Gasteiger partial charge in [-0.1, -0.05) is 0 Å². The predicted molar refractivity (Wildman–Crippen MR) is 97.7 cm³/mol. The zero-order chi connectivity index (χ0) is 18.8. The summed E-state index contributed by atoms with van der Waals surface area (Å²) in [5.74, 6) is 2.09. The molecule has 0 fully saturated rings. The van der Waals surface area contributed by atoms with E-state index in [1.54, 1.807) is 14.2 Å². The number of pyridine rings is 1. The van der Waals surface area contributed by atoms with E-state index in [2.05, 4.69) is 25.1 Å². The van der Waals surface area contributed by atoms with Crippen molar-refractivity contribution < 1.29 is 14.3 Å². The van der Waals surface area contributed by atoms with Crippen molar-refractivity contribution in [2.75, 3.05) is 14.2 Å². The van der Waals surface area contributed by atoms with Gasteiger partial charge in [0.05, 0.1) is 7.11 Å². The molecule has 1 aliphatic heterocycles. The second kappa shape index (κ2) is 7.64. The van der Waals surface area contributed by atoms with Crippen molar-refractivity contribution in [1.82, 2.24) is 25.1 Å². The normalized spacial score (nSPS) is 18.5. The summed E-state index contributed by atoms with van der Waals surface area (Å²) in [6.07, 6.45) is 5.46. The van der Waals surface area contributed by atoms with Gasteiger partial charge in [0.25, 0.3) is 5.91 Å². The van der Waals surface area contributed by atoms with Crippen LogP contribution in [0.1, 0.15) is 52.5 Å². The number of carbonyl (C=O) groups is 1. The molecule has 2 aromatic rings. The number of nitrogens with one attached hydrogen (secondary N) is 1. The number of hydrogen-bond acceptors (Lipinski definition) is 6. The molecule has 0 spiro atoms. The van der Waals surface area contributed by atoms with E-state index in [9.17, 15) is 4.79 Å². The van der Waals surface area contributed by atoms with E-state index < -0.39 is 0 Å². The number of nitrogens with zero attached hydrogens (tertiary/aromatic N) is 4. The molecule has 3 heterocycles. The third-order valence-corrected chi connectivity index (χ3v) is 5.38. The SMILES string of the molecule is COCc1nnc2n1CCC(NC(=O)c1cc3c(nc1OC)CCC3)CC2. The predicted octanol–water partition coefficient (Wildman–Crippen LogP) is 1.45. The molecule has 8 heteroatoms. The van der Waals surface area contributed by atoms with Crippen LogP contribution in [-0.4, -0.2) is 45.9 Å².